The van der Waals surface area contributed by atoms with Crippen LogP contribution in [0.4, 0.5) is 24.7 Å². The fourth-order valence-electron chi connectivity index (χ4n) is 4.38. The largest absolute Gasteiger partial charge is 0.393 e. The molecule has 1 aliphatic heterocycles. The number of halogens is 3. The topological polar surface area (TPSA) is 101 Å². The Morgan fingerprint density at radius 3 is 2.49 bits per heavy atom. The molecule has 0 spiro atoms. The van der Waals surface area contributed by atoms with Gasteiger partial charge in [0.25, 0.3) is 0 Å². The van der Waals surface area contributed by atoms with E-state index in [0.717, 1.165) is 40.8 Å². The minimum atomic E-state index is -4.16. The molecule has 2 amide bonds. The molecular weight excluding hydrogens is 483 g/mol. The van der Waals surface area contributed by atoms with Crippen LogP contribution >= 0.6 is 0 Å². The second-order valence-electron chi connectivity index (χ2n) is 9.24. The van der Waals surface area contributed by atoms with Crippen molar-refractivity contribution in [3.63, 3.8) is 0 Å². The van der Waals surface area contributed by atoms with Gasteiger partial charge in [-0.2, -0.15) is 13.2 Å². The van der Waals surface area contributed by atoms with Gasteiger partial charge in [-0.3, -0.25) is 9.59 Å². The van der Waals surface area contributed by atoms with Crippen molar-refractivity contribution < 1.29 is 22.8 Å². The molecule has 2 aromatic carbocycles. The summed E-state index contributed by atoms with van der Waals surface area (Å²) in [5.74, 6) is -0.744. The van der Waals surface area contributed by atoms with Gasteiger partial charge in [0.05, 0.1) is 11.6 Å². The van der Waals surface area contributed by atoms with Crippen molar-refractivity contribution >= 4 is 23.8 Å². The number of amides is 2. The molecule has 2 fully saturated rings. The average molecular weight is 512 g/mol. The number of carbonyl (C=O) groups excluding carboxylic acids is 2. The number of nitrogens with zero attached hydrogens (tertiary/aromatic N) is 3. The quantitative estimate of drug-likeness (QED) is 0.472. The van der Waals surface area contributed by atoms with E-state index in [1.165, 1.54) is 6.33 Å². The number of anilines is 2. The van der Waals surface area contributed by atoms with Crippen LogP contribution in [0, 0.1) is 18.8 Å². The highest BCUT2D eigenvalue weighted by molar-refractivity contribution is 5.93. The molecule has 10 heteroatoms. The zero-order valence-electron chi connectivity index (χ0n) is 20.3. The van der Waals surface area contributed by atoms with E-state index in [0.29, 0.717) is 18.1 Å². The second kappa shape index (κ2) is 11.0. The van der Waals surface area contributed by atoms with Gasteiger partial charge in [0.15, 0.2) is 0 Å². The maximum Gasteiger partial charge on any atom is 0.393 e. The van der Waals surface area contributed by atoms with E-state index in [-0.39, 0.29) is 31.2 Å². The molecule has 1 saturated carbocycles. The molecule has 1 atom stereocenters. The Kier molecular flexibility index (Phi) is 7.75. The van der Waals surface area contributed by atoms with E-state index in [1.807, 2.05) is 54.3 Å². The number of rotatable bonds is 5. The Morgan fingerprint density at radius 1 is 1.08 bits per heavy atom. The summed E-state index contributed by atoms with van der Waals surface area (Å²) in [5, 5.41) is 2.85. The third-order valence-corrected chi connectivity index (χ3v) is 6.57. The SMILES string of the molecule is Cc1ccc(N2CCC(C(F)(F)F)C2)cc1-c1cccc(-c2cc(NC(=O)C3CC3)ncn2)c1.NC=O. The van der Waals surface area contributed by atoms with Crippen molar-refractivity contribution in [3.8, 4) is 22.4 Å². The Balaban J connectivity index is 0.00000102. The van der Waals surface area contributed by atoms with Gasteiger partial charge >= 0.3 is 6.18 Å². The van der Waals surface area contributed by atoms with Gasteiger partial charge in [-0.1, -0.05) is 24.3 Å². The molecule has 5 rings (SSSR count). The molecule has 2 heterocycles. The number of aryl methyl sites for hydroxylation is 1. The van der Waals surface area contributed by atoms with E-state index in [9.17, 15) is 18.0 Å². The molecule has 1 unspecified atom stereocenters. The summed E-state index contributed by atoms with van der Waals surface area (Å²) in [6.45, 7) is 2.37. The van der Waals surface area contributed by atoms with Gasteiger partial charge in [0.2, 0.25) is 12.3 Å². The third kappa shape index (κ3) is 6.44. The van der Waals surface area contributed by atoms with Crippen molar-refractivity contribution in [2.24, 2.45) is 17.6 Å². The molecule has 1 aromatic heterocycles. The Hall–Kier alpha value is -3.95. The highest BCUT2D eigenvalue weighted by Crippen LogP contribution is 2.37. The predicted molar refractivity (Wildman–Crippen MR) is 136 cm³/mol. The molecule has 3 N–H and O–H groups in total. The standard InChI is InChI=1S/C26H25F3N4O.CH3NO/c1-16-5-8-21(33-10-9-20(14-33)26(27,28)29)12-22(16)18-3-2-4-19(11-18)23-13-24(31-15-30-23)32-25(34)17-6-7-17;2-1-3/h2-5,8,11-13,15,17,20H,6-7,9-10,14H2,1H3,(H,30,31,32,34);1H,(H2,2,3). The summed E-state index contributed by atoms with van der Waals surface area (Å²) >= 11 is 0. The lowest BCUT2D eigenvalue weighted by Gasteiger charge is -2.21. The molecule has 2 aliphatic rings. The van der Waals surface area contributed by atoms with E-state index in [4.69, 9.17) is 4.79 Å². The molecule has 0 bridgehead atoms. The van der Waals surface area contributed by atoms with Crippen LogP contribution in [0.1, 0.15) is 24.8 Å². The van der Waals surface area contributed by atoms with Crippen molar-refractivity contribution in [2.75, 3.05) is 23.3 Å². The van der Waals surface area contributed by atoms with Crippen LogP contribution in [0.2, 0.25) is 0 Å². The van der Waals surface area contributed by atoms with Crippen molar-refractivity contribution in [2.45, 2.75) is 32.4 Å². The van der Waals surface area contributed by atoms with E-state index < -0.39 is 12.1 Å². The van der Waals surface area contributed by atoms with Crippen LogP contribution in [0.3, 0.4) is 0 Å². The fourth-order valence-corrected chi connectivity index (χ4v) is 4.38. The van der Waals surface area contributed by atoms with Crippen molar-refractivity contribution in [3.05, 3.63) is 60.4 Å². The van der Waals surface area contributed by atoms with Crippen LogP contribution in [-0.4, -0.2) is 41.6 Å². The number of hydrogen-bond donors (Lipinski definition) is 2. The zero-order chi connectivity index (χ0) is 26.6. The van der Waals surface area contributed by atoms with Crippen LogP contribution < -0.4 is 16.0 Å². The number of nitrogens with one attached hydrogen (secondary N) is 1. The van der Waals surface area contributed by atoms with Gasteiger partial charge in [-0.25, -0.2) is 9.97 Å². The Labute approximate surface area is 212 Å². The average Bonchev–Trinajstić information content (AvgIpc) is 3.60. The fraction of sp³-hybridized carbons (Fsp3) is 0.333. The summed E-state index contributed by atoms with van der Waals surface area (Å²) in [4.78, 5) is 31.0. The maximum absolute atomic E-state index is 13.1. The lowest BCUT2D eigenvalue weighted by molar-refractivity contribution is -0.168. The van der Waals surface area contributed by atoms with Gasteiger partial charge in [0.1, 0.15) is 12.1 Å². The normalized spacial score (nSPS) is 17.1. The number of carbonyl (C=O) groups is 2. The number of nitrogens with two attached hydrogens (primary N) is 1. The molecule has 37 heavy (non-hydrogen) atoms. The first-order valence-corrected chi connectivity index (χ1v) is 12.0. The predicted octanol–water partition coefficient (Wildman–Crippen LogP) is 4.96. The number of aromatic nitrogens is 2. The first-order chi connectivity index (χ1) is 17.7. The summed E-state index contributed by atoms with van der Waals surface area (Å²) in [6, 6.07) is 15.4. The van der Waals surface area contributed by atoms with Crippen LogP contribution in [0.25, 0.3) is 22.4 Å². The Morgan fingerprint density at radius 2 is 1.81 bits per heavy atom. The first-order valence-electron chi connectivity index (χ1n) is 12.0. The smallest absolute Gasteiger partial charge is 0.372 e. The van der Waals surface area contributed by atoms with Gasteiger partial charge in [0, 0.05) is 36.3 Å². The van der Waals surface area contributed by atoms with Gasteiger partial charge in [-0.05, 0) is 61.1 Å². The molecule has 1 aliphatic carbocycles. The summed E-state index contributed by atoms with van der Waals surface area (Å²) in [5.41, 5.74) is 9.46. The molecule has 0 radical (unpaired) electrons. The van der Waals surface area contributed by atoms with Crippen LogP contribution in [-0.2, 0) is 9.59 Å². The molecular formula is C27H28F3N5O2. The van der Waals surface area contributed by atoms with Crippen LogP contribution in [0.5, 0.6) is 0 Å². The maximum atomic E-state index is 13.1. The summed E-state index contributed by atoms with van der Waals surface area (Å²) < 4.78 is 39.4. The molecule has 3 aromatic rings. The lowest BCUT2D eigenvalue weighted by Crippen LogP contribution is -2.27. The molecule has 1 saturated heterocycles. The van der Waals surface area contributed by atoms with Gasteiger partial charge in [-0.15, -0.1) is 0 Å². The number of benzene rings is 2. The highest BCUT2D eigenvalue weighted by atomic mass is 19.4. The lowest BCUT2D eigenvalue weighted by atomic mass is 9.97. The number of alkyl halides is 3. The van der Waals surface area contributed by atoms with Crippen molar-refractivity contribution in [1.82, 2.24) is 9.97 Å². The van der Waals surface area contributed by atoms with Crippen molar-refractivity contribution in [1.29, 1.82) is 0 Å². The van der Waals surface area contributed by atoms with Crippen LogP contribution in [0.15, 0.2) is 54.9 Å². The van der Waals surface area contributed by atoms with E-state index in [1.54, 1.807) is 6.07 Å². The summed E-state index contributed by atoms with van der Waals surface area (Å²) in [7, 11) is 0. The third-order valence-electron chi connectivity index (χ3n) is 6.57. The minimum Gasteiger partial charge on any atom is -0.372 e. The van der Waals surface area contributed by atoms with E-state index in [2.05, 4.69) is 21.0 Å². The Bertz CT molecular complexity index is 1280. The zero-order valence-corrected chi connectivity index (χ0v) is 20.3. The summed E-state index contributed by atoms with van der Waals surface area (Å²) in [6.07, 6.45) is -0.529. The molecule has 7 nitrogen and oxygen atoms in total. The highest BCUT2D eigenvalue weighted by Gasteiger charge is 2.43. The first kappa shape index (κ1) is 26.1. The van der Waals surface area contributed by atoms with E-state index >= 15 is 0 Å². The molecule has 194 valence electrons. The number of hydrogen-bond acceptors (Lipinski definition) is 5. The second-order valence-corrected chi connectivity index (χ2v) is 9.24. The van der Waals surface area contributed by atoms with Gasteiger partial charge < -0.3 is 16.0 Å². The monoisotopic (exact) mass is 511 g/mol. The number of primary amides is 1. The minimum absolute atomic E-state index is 0.0116.